The van der Waals surface area contributed by atoms with Crippen LogP contribution in [-0.2, 0) is 10.0 Å². The van der Waals surface area contributed by atoms with Crippen molar-refractivity contribution in [1.82, 2.24) is 4.98 Å². The minimum Gasteiger partial charge on any atom is -0.298 e. The quantitative estimate of drug-likeness (QED) is 0.432. The summed E-state index contributed by atoms with van der Waals surface area (Å²) in [5.41, 5.74) is 4.95. The van der Waals surface area contributed by atoms with E-state index in [2.05, 4.69) is 21.1 Å². The highest BCUT2D eigenvalue weighted by Crippen LogP contribution is 2.28. The molecule has 0 aliphatic rings. The molecule has 1 aromatic heterocycles. The van der Waals surface area contributed by atoms with E-state index < -0.39 is 10.0 Å². The third-order valence-corrected chi connectivity index (χ3v) is 7.29. The van der Waals surface area contributed by atoms with Crippen molar-refractivity contribution in [1.29, 1.82) is 0 Å². The number of benzene rings is 3. The van der Waals surface area contributed by atoms with Crippen molar-refractivity contribution < 1.29 is 13.2 Å². The average molecular weight is 452 g/mol. The Balaban J connectivity index is 1.47. The van der Waals surface area contributed by atoms with Gasteiger partial charge in [-0.15, -0.1) is 0 Å². The summed E-state index contributed by atoms with van der Waals surface area (Å²) in [5.74, 6) is -0.305. The Bertz CT molecular complexity index is 1340. The lowest BCUT2D eigenvalue weighted by Gasteiger charge is -2.09. The number of hydrogen-bond acceptors (Lipinski definition) is 5. The molecule has 1 heterocycles. The van der Waals surface area contributed by atoms with E-state index in [-0.39, 0.29) is 10.8 Å². The zero-order chi connectivity index (χ0) is 22.2. The third kappa shape index (κ3) is 4.60. The lowest BCUT2D eigenvalue weighted by atomic mass is 10.1. The van der Waals surface area contributed by atoms with Gasteiger partial charge in [-0.1, -0.05) is 29.0 Å². The molecule has 31 heavy (non-hydrogen) atoms. The molecule has 8 heteroatoms. The topological polar surface area (TPSA) is 88.2 Å². The lowest BCUT2D eigenvalue weighted by molar-refractivity contribution is 0.102. The van der Waals surface area contributed by atoms with Gasteiger partial charge in [-0.05, 0) is 80.4 Å². The van der Waals surface area contributed by atoms with Gasteiger partial charge in [-0.25, -0.2) is 13.4 Å². The Labute approximate surface area is 185 Å². The summed E-state index contributed by atoms with van der Waals surface area (Å²) < 4.78 is 28.6. The fraction of sp³-hybridized carbons (Fsp3) is 0.130. The van der Waals surface area contributed by atoms with Crippen LogP contribution < -0.4 is 10.0 Å². The molecule has 4 rings (SSSR count). The van der Waals surface area contributed by atoms with Gasteiger partial charge in [0.15, 0.2) is 5.13 Å². The first-order chi connectivity index (χ1) is 14.7. The fourth-order valence-corrected chi connectivity index (χ4v) is 5.02. The number of aryl methyl sites for hydroxylation is 3. The van der Waals surface area contributed by atoms with Gasteiger partial charge in [-0.2, -0.15) is 0 Å². The second kappa shape index (κ2) is 8.13. The second-order valence-corrected chi connectivity index (χ2v) is 10.1. The first kappa shape index (κ1) is 21.0. The first-order valence-electron chi connectivity index (χ1n) is 9.60. The van der Waals surface area contributed by atoms with E-state index in [0.29, 0.717) is 16.4 Å². The molecule has 0 atom stereocenters. The van der Waals surface area contributed by atoms with E-state index in [0.717, 1.165) is 21.3 Å². The van der Waals surface area contributed by atoms with E-state index in [4.69, 9.17) is 0 Å². The second-order valence-electron chi connectivity index (χ2n) is 7.37. The molecule has 0 aliphatic carbocycles. The minimum absolute atomic E-state index is 0.182. The van der Waals surface area contributed by atoms with Crippen LogP contribution in [0.5, 0.6) is 0 Å². The molecule has 3 aromatic carbocycles. The van der Waals surface area contributed by atoms with Crippen LogP contribution in [0.15, 0.2) is 65.6 Å². The number of rotatable bonds is 5. The molecule has 0 unspecified atom stereocenters. The standard InChI is InChI=1S/C23H21N3O3S2/c1-14-4-10-19(11-5-14)31(28,29)26-18-8-6-17(7-9-18)22(27)25-23-24-20-12-15(2)16(3)13-21(20)30-23/h4-13,26H,1-3H3,(H,24,25,27). The van der Waals surface area contributed by atoms with Crippen molar-refractivity contribution in [2.45, 2.75) is 25.7 Å². The Kier molecular flexibility index (Phi) is 5.51. The van der Waals surface area contributed by atoms with Gasteiger partial charge in [0.25, 0.3) is 15.9 Å². The van der Waals surface area contributed by atoms with Gasteiger partial charge in [0.2, 0.25) is 0 Å². The van der Waals surface area contributed by atoms with Crippen molar-refractivity contribution in [2.24, 2.45) is 0 Å². The molecule has 0 saturated heterocycles. The zero-order valence-corrected chi connectivity index (χ0v) is 18.9. The maximum atomic E-state index is 12.6. The van der Waals surface area contributed by atoms with E-state index in [1.54, 1.807) is 48.5 Å². The number of carbonyl (C=O) groups excluding carboxylic acids is 1. The number of anilines is 2. The molecule has 0 fully saturated rings. The van der Waals surface area contributed by atoms with Crippen LogP contribution in [0, 0.1) is 20.8 Å². The number of aromatic nitrogens is 1. The molecule has 2 N–H and O–H groups in total. The molecule has 0 radical (unpaired) electrons. The van der Waals surface area contributed by atoms with Crippen molar-refractivity contribution >= 4 is 48.3 Å². The molecule has 6 nitrogen and oxygen atoms in total. The number of nitrogens with zero attached hydrogens (tertiary/aromatic N) is 1. The summed E-state index contributed by atoms with van der Waals surface area (Å²) in [7, 11) is -3.69. The van der Waals surface area contributed by atoms with Crippen LogP contribution in [0.1, 0.15) is 27.0 Å². The van der Waals surface area contributed by atoms with Crippen molar-refractivity contribution in [3.63, 3.8) is 0 Å². The van der Waals surface area contributed by atoms with Crippen LogP contribution in [0.4, 0.5) is 10.8 Å². The fourth-order valence-electron chi connectivity index (χ4n) is 3.02. The maximum absolute atomic E-state index is 12.6. The minimum atomic E-state index is -3.69. The van der Waals surface area contributed by atoms with Crippen LogP contribution in [0.2, 0.25) is 0 Å². The Morgan fingerprint density at radius 3 is 2.23 bits per heavy atom. The highest BCUT2D eigenvalue weighted by molar-refractivity contribution is 7.92. The SMILES string of the molecule is Cc1ccc(S(=O)(=O)Nc2ccc(C(=O)Nc3nc4cc(C)c(C)cc4s3)cc2)cc1. The Morgan fingerprint density at radius 2 is 1.55 bits per heavy atom. The molecule has 0 saturated carbocycles. The molecule has 0 bridgehead atoms. The first-order valence-corrected chi connectivity index (χ1v) is 11.9. The van der Waals surface area contributed by atoms with Crippen LogP contribution in [0.25, 0.3) is 10.2 Å². The van der Waals surface area contributed by atoms with Gasteiger partial charge in [-0.3, -0.25) is 14.8 Å². The summed E-state index contributed by atoms with van der Waals surface area (Å²) >= 11 is 1.42. The van der Waals surface area contributed by atoms with Crippen molar-refractivity contribution in [2.75, 3.05) is 10.0 Å². The average Bonchev–Trinajstić information content (AvgIpc) is 3.09. The Morgan fingerprint density at radius 1 is 0.903 bits per heavy atom. The third-order valence-electron chi connectivity index (χ3n) is 4.95. The Hall–Kier alpha value is -3.23. The number of amides is 1. The zero-order valence-electron chi connectivity index (χ0n) is 17.3. The monoisotopic (exact) mass is 451 g/mol. The number of carbonyl (C=O) groups is 1. The molecule has 0 aliphatic heterocycles. The molecule has 1 amide bonds. The largest absolute Gasteiger partial charge is 0.298 e. The highest BCUT2D eigenvalue weighted by Gasteiger charge is 2.15. The van der Waals surface area contributed by atoms with Gasteiger partial charge < -0.3 is 0 Å². The van der Waals surface area contributed by atoms with Crippen molar-refractivity contribution in [3.05, 3.63) is 82.9 Å². The van der Waals surface area contributed by atoms with Gasteiger partial charge in [0, 0.05) is 11.3 Å². The van der Waals surface area contributed by atoms with Gasteiger partial charge in [0.05, 0.1) is 15.1 Å². The highest BCUT2D eigenvalue weighted by atomic mass is 32.2. The maximum Gasteiger partial charge on any atom is 0.261 e. The molecular formula is C23H21N3O3S2. The predicted octanol–water partition coefficient (Wildman–Crippen LogP) is 5.27. The van der Waals surface area contributed by atoms with Crippen LogP contribution in [0.3, 0.4) is 0 Å². The predicted molar refractivity (Wildman–Crippen MR) is 125 cm³/mol. The molecule has 158 valence electrons. The number of fused-ring (bicyclic) bond motifs is 1. The lowest BCUT2D eigenvalue weighted by Crippen LogP contribution is -2.14. The van der Waals surface area contributed by atoms with E-state index in [1.165, 1.54) is 16.9 Å². The molecule has 4 aromatic rings. The van der Waals surface area contributed by atoms with Gasteiger partial charge in [0.1, 0.15) is 0 Å². The van der Waals surface area contributed by atoms with E-state index in [1.807, 2.05) is 26.8 Å². The summed E-state index contributed by atoms with van der Waals surface area (Å²) in [5, 5.41) is 3.34. The summed E-state index contributed by atoms with van der Waals surface area (Å²) in [6.45, 7) is 5.96. The van der Waals surface area contributed by atoms with E-state index in [9.17, 15) is 13.2 Å². The van der Waals surface area contributed by atoms with Crippen molar-refractivity contribution in [3.8, 4) is 0 Å². The summed E-state index contributed by atoms with van der Waals surface area (Å²) in [4.78, 5) is 17.3. The summed E-state index contributed by atoms with van der Waals surface area (Å²) in [6.07, 6.45) is 0. The normalized spacial score (nSPS) is 11.5. The van der Waals surface area contributed by atoms with E-state index >= 15 is 0 Å². The summed E-state index contributed by atoms with van der Waals surface area (Å²) in [6, 6.07) is 16.9. The number of hydrogen-bond donors (Lipinski definition) is 2. The van der Waals surface area contributed by atoms with Crippen LogP contribution >= 0.6 is 11.3 Å². The number of thiazole rings is 1. The number of sulfonamides is 1. The number of nitrogens with one attached hydrogen (secondary N) is 2. The van der Waals surface area contributed by atoms with Gasteiger partial charge >= 0.3 is 0 Å². The smallest absolute Gasteiger partial charge is 0.261 e. The molecule has 0 spiro atoms. The molecular weight excluding hydrogens is 430 g/mol. The van der Waals surface area contributed by atoms with Crippen LogP contribution in [-0.4, -0.2) is 19.3 Å².